The van der Waals surface area contributed by atoms with Gasteiger partial charge in [0.25, 0.3) is 0 Å². The van der Waals surface area contributed by atoms with E-state index in [0.29, 0.717) is 18.8 Å². The topological polar surface area (TPSA) is 104 Å². The zero-order valence-electron chi connectivity index (χ0n) is 18.9. The van der Waals surface area contributed by atoms with Crippen LogP contribution in [-0.4, -0.2) is 45.6 Å². The summed E-state index contributed by atoms with van der Waals surface area (Å²) in [5.41, 5.74) is 0.596. The van der Waals surface area contributed by atoms with E-state index >= 15 is 0 Å². The molecule has 6 heteroatoms. The van der Waals surface area contributed by atoms with Crippen LogP contribution in [0.5, 0.6) is 0 Å². The smallest absolute Gasteiger partial charge is 0.311 e. The molecule has 30 heavy (non-hydrogen) atoms. The van der Waals surface area contributed by atoms with Crippen LogP contribution in [0, 0.1) is 29.1 Å². The summed E-state index contributed by atoms with van der Waals surface area (Å²) in [4.78, 5) is 23.6. The van der Waals surface area contributed by atoms with Crippen molar-refractivity contribution < 1.29 is 29.6 Å². The van der Waals surface area contributed by atoms with Crippen LogP contribution in [0.2, 0.25) is 0 Å². The molecule has 0 saturated carbocycles. The number of carboxylic acids is 1. The minimum Gasteiger partial charge on any atom is -0.481 e. The highest BCUT2D eigenvalue weighted by Crippen LogP contribution is 2.45. The van der Waals surface area contributed by atoms with E-state index in [1.165, 1.54) is 0 Å². The van der Waals surface area contributed by atoms with Gasteiger partial charge in [0, 0.05) is 5.92 Å². The normalized spacial score (nSPS) is 30.8. The Morgan fingerprint density at radius 3 is 2.50 bits per heavy atom. The molecule has 0 radical (unpaired) electrons. The Balaban J connectivity index is 2.20. The average Bonchev–Trinajstić information content (AvgIpc) is 2.62. The van der Waals surface area contributed by atoms with E-state index in [2.05, 4.69) is 32.1 Å². The second-order valence-electron chi connectivity index (χ2n) is 9.85. The highest BCUT2D eigenvalue weighted by Gasteiger charge is 2.43. The number of fused-ring (bicyclic) bond motifs is 1. The Bertz CT molecular complexity index is 679. The van der Waals surface area contributed by atoms with Crippen LogP contribution < -0.4 is 0 Å². The summed E-state index contributed by atoms with van der Waals surface area (Å²) in [5, 5.41) is 29.3. The molecule has 2 aliphatic carbocycles. The van der Waals surface area contributed by atoms with Gasteiger partial charge in [-0.2, -0.15) is 0 Å². The van der Waals surface area contributed by atoms with Gasteiger partial charge in [-0.15, -0.1) is 0 Å². The molecule has 0 bridgehead atoms. The minimum atomic E-state index is -1.08. The highest BCUT2D eigenvalue weighted by molar-refractivity contribution is 5.76. The van der Waals surface area contributed by atoms with Gasteiger partial charge < -0.3 is 20.1 Å². The van der Waals surface area contributed by atoms with Crippen LogP contribution in [0.25, 0.3) is 0 Å². The molecule has 3 N–H and O–H groups in total. The third kappa shape index (κ3) is 6.17. The second kappa shape index (κ2) is 10.1. The van der Waals surface area contributed by atoms with E-state index in [1.807, 2.05) is 20.8 Å². The maximum Gasteiger partial charge on any atom is 0.311 e. The van der Waals surface area contributed by atoms with Crippen LogP contribution in [0.1, 0.15) is 66.7 Å². The minimum absolute atomic E-state index is 0.0101. The fourth-order valence-electron chi connectivity index (χ4n) is 4.59. The maximum absolute atomic E-state index is 12.8. The molecular weight excluding hydrogens is 384 g/mol. The number of allylic oxidation sites excluding steroid dienone is 3. The lowest BCUT2D eigenvalue weighted by Crippen LogP contribution is -2.43. The van der Waals surface area contributed by atoms with Gasteiger partial charge in [-0.05, 0) is 62.9 Å². The van der Waals surface area contributed by atoms with Crippen molar-refractivity contribution in [3.05, 3.63) is 23.8 Å². The van der Waals surface area contributed by atoms with Gasteiger partial charge >= 0.3 is 11.9 Å². The zero-order valence-corrected chi connectivity index (χ0v) is 18.9. The number of esters is 1. The van der Waals surface area contributed by atoms with Crippen molar-refractivity contribution in [3.8, 4) is 0 Å². The van der Waals surface area contributed by atoms with Crippen molar-refractivity contribution in [2.24, 2.45) is 29.1 Å². The first-order valence-electron chi connectivity index (χ1n) is 11.1. The third-order valence-electron chi connectivity index (χ3n) is 6.79. The molecule has 0 amide bonds. The van der Waals surface area contributed by atoms with Crippen molar-refractivity contribution >= 4 is 11.9 Å². The molecule has 0 spiro atoms. The number of carboxylic acid groups (broad SMARTS) is 1. The number of carbonyl (C=O) groups excluding carboxylic acids is 1. The molecule has 0 aromatic rings. The molecule has 0 fully saturated rings. The van der Waals surface area contributed by atoms with Crippen molar-refractivity contribution in [3.63, 3.8) is 0 Å². The molecule has 7 atom stereocenters. The molecule has 0 saturated heterocycles. The maximum atomic E-state index is 12.8. The summed E-state index contributed by atoms with van der Waals surface area (Å²) in [7, 11) is 0. The van der Waals surface area contributed by atoms with E-state index in [-0.39, 0.29) is 42.7 Å². The number of aliphatic carboxylic acids is 1. The predicted octanol–water partition coefficient (Wildman–Crippen LogP) is 3.72. The van der Waals surface area contributed by atoms with Gasteiger partial charge in [0.15, 0.2) is 0 Å². The molecule has 0 heterocycles. The van der Waals surface area contributed by atoms with Crippen LogP contribution in [0.15, 0.2) is 23.8 Å². The van der Waals surface area contributed by atoms with Crippen molar-refractivity contribution in [1.29, 1.82) is 0 Å². The highest BCUT2D eigenvalue weighted by atomic mass is 16.5. The predicted molar refractivity (Wildman–Crippen MR) is 115 cm³/mol. The molecule has 2 aliphatic rings. The number of ether oxygens (including phenoxy) is 1. The van der Waals surface area contributed by atoms with E-state index in [1.54, 1.807) is 0 Å². The standard InChI is InChI=1S/C24H38O6/c1-6-24(4,5)23(29)30-20-10-14(2)9-16-8-7-15(3)19(22(16)20)12-17(25)11-18(26)13-21(27)28/h7-9,14-15,17-20,22,25-26H,6,10-13H2,1-5H3,(H,27,28)/t14-,15-,17-,18+,19-,20-,22-/m0/s1. The molecule has 0 aromatic carbocycles. The van der Waals surface area contributed by atoms with Crippen molar-refractivity contribution in [2.45, 2.75) is 85.0 Å². The first-order chi connectivity index (χ1) is 13.9. The SMILES string of the molecule is CCC(C)(C)C(=O)O[C@H]1C[C@@H](C)C=C2C=C[C@H](C)[C@H](C[C@@H](O)C[C@@H](O)CC(=O)O)[C@H]21. The van der Waals surface area contributed by atoms with Gasteiger partial charge in [-0.1, -0.05) is 39.0 Å². The number of hydrogen-bond acceptors (Lipinski definition) is 5. The second-order valence-corrected chi connectivity index (χ2v) is 9.85. The van der Waals surface area contributed by atoms with Gasteiger partial charge in [0.1, 0.15) is 6.10 Å². The number of carbonyl (C=O) groups is 2. The van der Waals surface area contributed by atoms with E-state index in [9.17, 15) is 19.8 Å². The van der Waals surface area contributed by atoms with Crippen molar-refractivity contribution in [1.82, 2.24) is 0 Å². The Hall–Kier alpha value is -1.66. The third-order valence-corrected chi connectivity index (χ3v) is 6.79. The summed E-state index contributed by atoms with van der Waals surface area (Å²) in [6.45, 7) is 9.97. The van der Waals surface area contributed by atoms with Gasteiger partial charge in [0.05, 0.1) is 24.0 Å². The monoisotopic (exact) mass is 422 g/mol. The Morgan fingerprint density at radius 1 is 1.23 bits per heavy atom. The molecule has 2 rings (SSSR count). The van der Waals surface area contributed by atoms with Crippen LogP contribution in [-0.2, 0) is 14.3 Å². The quantitative estimate of drug-likeness (QED) is 0.489. The fraction of sp³-hybridized carbons (Fsp3) is 0.750. The number of aliphatic hydroxyl groups is 2. The summed E-state index contributed by atoms with van der Waals surface area (Å²) in [6, 6.07) is 0. The van der Waals surface area contributed by atoms with E-state index in [0.717, 1.165) is 12.0 Å². The largest absolute Gasteiger partial charge is 0.481 e. The van der Waals surface area contributed by atoms with Crippen LogP contribution in [0.3, 0.4) is 0 Å². The van der Waals surface area contributed by atoms with Crippen LogP contribution >= 0.6 is 0 Å². The first kappa shape index (κ1) is 24.6. The summed E-state index contributed by atoms with van der Waals surface area (Å²) < 4.78 is 6.06. The number of hydrogen-bond donors (Lipinski definition) is 3. The Morgan fingerprint density at radius 2 is 1.90 bits per heavy atom. The summed E-state index contributed by atoms with van der Waals surface area (Å²) >= 11 is 0. The van der Waals surface area contributed by atoms with E-state index < -0.39 is 23.6 Å². The number of rotatable bonds is 9. The van der Waals surface area contributed by atoms with Gasteiger partial charge in [0.2, 0.25) is 0 Å². The average molecular weight is 423 g/mol. The van der Waals surface area contributed by atoms with Crippen molar-refractivity contribution in [2.75, 3.05) is 0 Å². The Kier molecular flexibility index (Phi) is 8.28. The lowest BCUT2D eigenvalue weighted by molar-refractivity contribution is -0.164. The lowest BCUT2D eigenvalue weighted by Gasteiger charge is -2.44. The molecule has 0 aromatic heterocycles. The first-order valence-corrected chi connectivity index (χ1v) is 11.1. The van der Waals surface area contributed by atoms with E-state index in [4.69, 9.17) is 9.84 Å². The molecule has 6 nitrogen and oxygen atoms in total. The molecule has 170 valence electrons. The van der Waals surface area contributed by atoms with Gasteiger partial charge in [-0.25, -0.2) is 0 Å². The zero-order chi connectivity index (χ0) is 22.6. The van der Waals surface area contributed by atoms with Crippen LogP contribution in [0.4, 0.5) is 0 Å². The molecular formula is C24H38O6. The van der Waals surface area contributed by atoms with Gasteiger partial charge in [-0.3, -0.25) is 9.59 Å². The summed E-state index contributed by atoms with van der Waals surface area (Å²) in [6.07, 6.45) is 5.81. The number of aliphatic hydroxyl groups excluding tert-OH is 2. The molecule has 0 unspecified atom stereocenters. The Labute approximate surface area is 180 Å². The molecule has 0 aliphatic heterocycles. The lowest BCUT2D eigenvalue weighted by atomic mass is 9.65. The fourth-order valence-corrected chi connectivity index (χ4v) is 4.59. The summed E-state index contributed by atoms with van der Waals surface area (Å²) in [5.74, 6) is -0.776.